The molecule has 1 amide bonds. The van der Waals surface area contributed by atoms with Crippen LogP contribution in [0.2, 0.25) is 0 Å². The lowest BCUT2D eigenvalue weighted by Crippen LogP contribution is -2.32. The number of anilines is 2. The number of carbonyl (C=O) groups excluding carboxylic acids is 1. The molecular formula is C26H34BrN5O5. The first-order valence-corrected chi connectivity index (χ1v) is 12.7. The Morgan fingerprint density at radius 1 is 1.11 bits per heavy atom. The van der Waals surface area contributed by atoms with Crippen LogP contribution < -0.4 is 30.2 Å². The quantitative estimate of drug-likeness (QED) is 0.310. The van der Waals surface area contributed by atoms with E-state index in [-0.39, 0.29) is 34.6 Å². The zero-order valence-electron chi connectivity index (χ0n) is 22.1. The van der Waals surface area contributed by atoms with Crippen molar-refractivity contribution >= 4 is 33.5 Å². The van der Waals surface area contributed by atoms with Gasteiger partial charge in [-0.1, -0.05) is 33.8 Å². The van der Waals surface area contributed by atoms with Gasteiger partial charge in [0.05, 0.1) is 18.7 Å². The second-order valence-corrected chi connectivity index (χ2v) is 10.1. The number of methoxy groups -OCH3 is 2. The predicted octanol–water partition coefficient (Wildman–Crippen LogP) is 5.37. The normalized spacial score (nSPS) is 11.2. The zero-order chi connectivity index (χ0) is 27.2. The Kier molecular flexibility index (Phi) is 9.39. The average Bonchev–Trinajstić information content (AvgIpc) is 3.33. The minimum Gasteiger partial charge on any atom is -0.479 e. The van der Waals surface area contributed by atoms with Crippen molar-refractivity contribution in [2.24, 2.45) is 5.73 Å². The Balaban J connectivity index is 1.83. The molecule has 1 aromatic carbocycles. The van der Waals surface area contributed by atoms with Crippen molar-refractivity contribution in [3.63, 3.8) is 0 Å². The first-order chi connectivity index (χ1) is 17.6. The molecule has 3 aromatic rings. The van der Waals surface area contributed by atoms with Gasteiger partial charge in [-0.25, -0.2) is 0 Å². The monoisotopic (exact) mass is 575 g/mol. The Bertz CT molecular complexity index is 1190. The summed E-state index contributed by atoms with van der Waals surface area (Å²) in [4.78, 5) is 23.9. The lowest BCUT2D eigenvalue weighted by molar-refractivity contribution is 0.0990. The minimum absolute atomic E-state index is 0.0297. The molecule has 37 heavy (non-hydrogen) atoms. The number of nitrogens with one attached hydrogen (secondary N) is 1. The molecule has 0 aliphatic heterocycles. The van der Waals surface area contributed by atoms with E-state index in [0.717, 1.165) is 16.5 Å². The topological polar surface area (TPSA) is 125 Å². The van der Waals surface area contributed by atoms with E-state index in [1.54, 1.807) is 6.07 Å². The van der Waals surface area contributed by atoms with Crippen LogP contribution in [0, 0.1) is 0 Å². The number of hydrogen-bond acceptors (Lipinski definition) is 9. The molecule has 3 N–H and O–H groups in total. The van der Waals surface area contributed by atoms with Crippen molar-refractivity contribution in [3.05, 3.63) is 46.1 Å². The molecule has 0 atom stereocenters. The van der Waals surface area contributed by atoms with Crippen LogP contribution in [0.3, 0.4) is 0 Å². The molecule has 10 nitrogen and oxygen atoms in total. The number of nitrogens with two attached hydrogens (primary N) is 1. The van der Waals surface area contributed by atoms with Gasteiger partial charge >= 0.3 is 0 Å². The van der Waals surface area contributed by atoms with Crippen LogP contribution in [0.1, 0.15) is 50.2 Å². The molecule has 0 saturated carbocycles. The highest BCUT2D eigenvalue weighted by molar-refractivity contribution is 9.10. The summed E-state index contributed by atoms with van der Waals surface area (Å²) >= 11 is 3.50. The van der Waals surface area contributed by atoms with E-state index in [2.05, 4.69) is 52.0 Å². The Morgan fingerprint density at radius 2 is 1.78 bits per heavy atom. The highest BCUT2D eigenvalue weighted by Crippen LogP contribution is 2.36. The number of nitrogens with zero attached hydrogens (tertiary/aromatic N) is 3. The van der Waals surface area contributed by atoms with Crippen LogP contribution in [-0.2, 0) is 5.41 Å². The molecule has 0 unspecified atom stereocenters. The number of benzene rings is 1. The van der Waals surface area contributed by atoms with Gasteiger partial charge in [-0.3, -0.25) is 4.79 Å². The fraction of sp³-hybridized carbons (Fsp3) is 0.423. The summed E-state index contributed by atoms with van der Waals surface area (Å²) in [6.45, 7) is 10.1. The van der Waals surface area contributed by atoms with E-state index in [4.69, 9.17) is 24.4 Å². The number of halogens is 1. The van der Waals surface area contributed by atoms with Gasteiger partial charge < -0.3 is 34.6 Å². The van der Waals surface area contributed by atoms with Gasteiger partial charge in [0, 0.05) is 25.7 Å². The van der Waals surface area contributed by atoms with Gasteiger partial charge in [0.1, 0.15) is 5.75 Å². The fourth-order valence-corrected chi connectivity index (χ4v) is 3.85. The second-order valence-electron chi connectivity index (χ2n) is 9.26. The van der Waals surface area contributed by atoms with Crippen molar-refractivity contribution < 1.29 is 23.4 Å². The summed E-state index contributed by atoms with van der Waals surface area (Å²) in [5.74, 6) is 0.934. The Labute approximate surface area is 225 Å². The summed E-state index contributed by atoms with van der Waals surface area (Å²) in [6.07, 6.45) is 0.881. The smallest absolute Gasteiger partial charge is 0.291 e. The molecule has 3 rings (SSSR count). The number of hydrogen-bond donors (Lipinski definition) is 2. The van der Waals surface area contributed by atoms with E-state index in [1.807, 2.05) is 30.0 Å². The van der Waals surface area contributed by atoms with Crippen LogP contribution in [0.5, 0.6) is 23.5 Å². The van der Waals surface area contributed by atoms with Crippen molar-refractivity contribution in [1.82, 2.24) is 9.97 Å². The third-order valence-electron chi connectivity index (χ3n) is 5.44. The van der Waals surface area contributed by atoms with Crippen molar-refractivity contribution in [1.29, 1.82) is 0 Å². The van der Waals surface area contributed by atoms with Gasteiger partial charge in [0.15, 0.2) is 11.4 Å². The predicted molar refractivity (Wildman–Crippen MR) is 146 cm³/mol. The van der Waals surface area contributed by atoms with E-state index in [0.29, 0.717) is 31.3 Å². The largest absolute Gasteiger partial charge is 0.479 e. The van der Waals surface area contributed by atoms with E-state index in [1.165, 1.54) is 20.3 Å². The average molecular weight is 576 g/mol. The summed E-state index contributed by atoms with van der Waals surface area (Å²) < 4.78 is 23.2. The zero-order valence-corrected chi connectivity index (χ0v) is 23.6. The van der Waals surface area contributed by atoms with Gasteiger partial charge in [-0.05, 0) is 51.5 Å². The number of ether oxygens (including phenoxy) is 3. The SMILES string of the molecule is CCCN(CCN)c1nc(OC)c(NC(=O)c2ccc(Oc3cc(C(C)(C)C)ccc3Br)o2)c(OC)n1. The maximum Gasteiger partial charge on any atom is 0.291 e. The maximum absolute atomic E-state index is 13.0. The van der Waals surface area contributed by atoms with E-state index in [9.17, 15) is 4.79 Å². The number of amides is 1. The molecule has 0 bridgehead atoms. The van der Waals surface area contributed by atoms with E-state index < -0.39 is 5.91 Å². The second kappa shape index (κ2) is 12.3. The Hall–Kier alpha value is -3.31. The Morgan fingerprint density at radius 3 is 2.35 bits per heavy atom. The molecule has 0 spiro atoms. The number of furan rings is 1. The molecule has 2 aromatic heterocycles. The van der Waals surface area contributed by atoms with Crippen LogP contribution in [-0.4, -0.2) is 49.7 Å². The standard InChI is InChI=1S/C26H34BrN5O5/c1-7-13-32(14-12-28)25-30-23(34-5)21(24(31-25)35-6)29-22(33)18-10-11-20(36-18)37-19-15-16(26(2,3)4)8-9-17(19)27/h8-11,15H,7,12-14,28H2,1-6H3,(H,29,33). The summed E-state index contributed by atoms with van der Waals surface area (Å²) in [5, 5.41) is 2.73. The van der Waals surface area contributed by atoms with Crippen molar-refractivity contribution in [2.45, 2.75) is 39.5 Å². The highest BCUT2D eigenvalue weighted by Gasteiger charge is 2.23. The number of carbonyl (C=O) groups is 1. The van der Waals surface area contributed by atoms with E-state index >= 15 is 0 Å². The lowest BCUT2D eigenvalue weighted by atomic mass is 9.87. The molecule has 2 heterocycles. The summed E-state index contributed by atoms with van der Waals surface area (Å²) in [7, 11) is 2.91. The van der Waals surface area contributed by atoms with Crippen molar-refractivity contribution in [2.75, 3.05) is 44.1 Å². The third-order valence-corrected chi connectivity index (χ3v) is 6.10. The van der Waals surface area contributed by atoms with Crippen LogP contribution in [0.4, 0.5) is 11.6 Å². The minimum atomic E-state index is -0.544. The number of aromatic nitrogens is 2. The molecule has 0 aliphatic rings. The van der Waals surface area contributed by atoms with Crippen LogP contribution >= 0.6 is 15.9 Å². The summed E-state index contributed by atoms with van der Waals surface area (Å²) in [5.41, 5.74) is 6.97. The molecule has 0 radical (unpaired) electrons. The lowest BCUT2D eigenvalue weighted by Gasteiger charge is -2.23. The van der Waals surface area contributed by atoms with Gasteiger partial charge in [-0.2, -0.15) is 9.97 Å². The third kappa shape index (κ3) is 6.92. The molecule has 0 saturated heterocycles. The van der Waals surface area contributed by atoms with Crippen molar-refractivity contribution in [3.8, 4) is 23.5 Å². The molecule has 0 fully saturated rings. The van der Waals surface area contributed by atoms with Gasteiger partial charge in [0.25, 0.3) is 11.9 Å². The molecule has 11 heteroatoms. The summed E-state index contributed by atoms with van der Waals surface area (Å²) in [6, 6.07) is 8.99. The molecule has 0 aliphatic carbocycles. The maximum atomic E-state index is 13.0. The first kappa shape index (κ1) is 28.3. The van der Waals surface area contributed by atoms with Crippen LogP contribution in [0.15, 0.2) is 39.2 Å². The highest BCUT2D eigenvalue weighted by atomic mass is 79.9. The van der Waals surface area contributed by atoms with Crippen LogP contribution in [0.25, 0.3) is 0 Å². The number of rotatable bonds is 11. The van der Waals surface area contributed by atoms with Gasteiger partial charge in [0.2, 0.25) is 17.7 Å². The molecule has 200 valence electrons. The molecular weight excluding hydrogens is 542 g/mol. The fourth-order valence-electron chi connectivity index (χ4n) is 3.52. The van der Waals surface area contributed by atoms with Gasteiger partial charge in [-0.15, -0.1) is 0 Å². The first-order valence-electron chi connectivity index (χ1n) is 11.9.